The Kier molecular flexibility index (Phi) is 5.99. The van der Waals surface area contributed by atoms with Crippen LogP contribution in [0.1, 0.15) is 23.2 Å². The van der Waals surface area contributed by atoms with Crippen molar-refractivity contribution >= 4 is 23.5 Å². The van der Waals surface area contributed by atoms with Crippen LogP contribution in [0.25, 0.3) is 0 Å². The highest BCUT2D eigenvalue weighted by atomic mass is 16.6. The molecule has 1 rings (SSSR count). The van der Waals surface area contributed by atoms with Gasteiger partial charge in [-0.05, 0) is 12.5 Å². The summed E-state index contributed by atoms with van der Waals surface area (Å²) in [7, 11) is 1.17. The molecule has 9 heteroatoms. The van der Waals surface area contributed by atoms with Crippen LogP contribution in [0, 0.1) is 10.1 Å². The number of carbonyl (C=O) groups is 3. The lowest BCUT2D eigenvalue weighted by molar-refractivity contribution is -0.384. The van der Waals surface area contributed by atoms with Gasteiger partial charge in [0.1, 0.15) is 6.04 Å². The fraction of sp³-hybridized carbons (Fsp3) is 0.308. The summed E-state index contributed by atoms with van der Waals surface area (Å²) in [5.74, 6) is -2.69. The molecule has 0 aliphatic carbocycles. The van der Waals surface area contributed by atoms with E-state index in [2.05, 4.69) is 10.1 Å². The molecule has 118 valence electrons. The maximum Gasteiger partial charge on any atom is 0.326 e. The Morgan fingerprint density at radius 2 is 2.09 bits per heavy atom. The Bertz CT molecular complexity index is 600. The number of esters is 1. The molecule has 0 aliphatic heterocycles. The zero-order chi connectivity index (χ0) is 16.7. The van der Waals surface area contributed by atoms with E-state index in [0.29, 0.717) is 0 Å². The third kappa shape index (κ3) is 4.85. The molecule has 0 radical (unpaired) electrons. The zero-order valence-electron chi connectivity index (χ0n) is 11.6. The first-order valence-corrected chi connectivity index (χ1v) is 6.20. The van der Waals surface area contributed by atoms with E-state index in [1.807, 2.05) is 0 Å². The molecule has 1 amide bonds. The zero-order valence-corrected chi connectivity index (χ0v) is 11.6. The second-order valence-corrected chi connectivity index (χ2v) is 4.29. The number of methoxy groups -OCH3 is 1. The van der Waals surface area contributed by atoms with Gasteiger partial charge in [0.05, 0.1) is 12.0 Å². The van der Waals surface area contributed by atoms with Crippen molar-refractivity contribution in [2.45, 2.75) is 18.9 Å². The van der Waals surface area contributed by atoms with Gasteiger partial charge in [0.15, 0.2) is 0 Å². The number of nitro benzene ring substituents is 1. The number of carboxylic acids is 1. The van der Waals surface area contributed by atoms with Crippen LogP contribution in [-0.2, 0) is 14.3 Å². The van der Waals surface area contributed by atoms with Gasteiger partial charge in [-0.2, -0.15) is 0 Å². The fourth-order valence-electron chi connectivity index (χ4n) is 1.62. The number of carbonyl (C=O) groups excluding carboxylic acids is 2. The van der Waals surface area contributed by atoms with Crippen molar-refractivity contribution in [1.82, 2.24) is 5.32 Å². The summed E-state index contributed by atoms with van der Waals surface area (Å²) in [5.41, 5.74) is -0.326. The molecule has 9 nitrogen and oxygen atoms in total. The van der Waals surface area contributed by atoms with Crippen molar-refractivity contribution < 1.29 is 29.2 Å². The molecule has 0 aliphatic rings. The van der Waals surface area contributed by atoms with Crippen molar-refractivity contribution in [3.8, 4) is 0 Å². The molecule has 0 spiro atoms. The Balaban J connectivity index is 2.78. The summed E-state index contributed by atoms with van der Waals surface area (Å²) in [5, 5.41) is 21.9. The molecular weight excluding hydrogens is 296 g/mol. The van der Waals surface area contributed by atoms with Gasteiger partial charge in [-0.1, -0.05) is 6.07 Å². The standard InChI is InChI=1S/C13H14N2O7/c1-22-11(16)6-5-10(13(18)19)14-12(17)8-3-2-4-9(7-8)15(20)21/h2-4,7,10H,5-6H2,1H3,(H,14,17)(H,18,19)/t10-/m1/s1. The van der Waals surface area contributed by atoms with Gasteiger partial charge in [0.25, 0.3) is 11.6 Å². The number of nitro groups is 1. The number of benzene rings is 1. The van der Waals surface area contributed by atoms with Gasteiger partial charge >= 0.3 is 11.9 Å². The summed E-state index contributed by atoms with van der Waals surface area (Å²) in [4.78, 5) is 44.0. The highest BCUT2D eigenvalue weighted by molar-refractivity contribution is 5.97. The van der Waals surface area contributed by atoms with Crippen molar-refractivity contribution in [2.24, 2.45) is 0 Å². The van der Waals surface area contributed by atoms with E-state index >= 15 is 0 Å². The predicted octanol–water partition coefficient (Wildman–Crippen LogP) is 0.731. The number of hydrogen-bond donors (Lipinski definition) is 2. The van der Waals surface area contributed by atoms with E-state index in [1.165, 1.54) is 25.3 Å². The van der Waals surface area contributed by atoms with Crippen LogP contribution in [0.2, 0.25) is 0 Å². The Hall–Kier alpha value is -2.97. The Morgan fingerprint density at radius 1 is 1.41 bits per heavy atom. The molecule has 0 saturated carbocycles. The summed E-state index contributed by atoms with van der Waals surface area (Å²) in [6, 6.07) is 3.58. The summed E-state index contributed by atoms with van der Waals surface area (Å²) < 4.78 is 4.39. The van der Waals surface area contributed by atoms with Gasteiger partial charge in [-0.3, -0.25) is 19.7 Å². The van der Waals surface area contributed by atoms with E-state index in [9.17, 15) is 24.5 Å². The molecule has 0 fully saturated rings. The topological polar surface area (TPSA) is 136 Å². The van der Waals surface area contributed by atoms with E-state index < -0.39 is 28.8 Å². The average Bonchev–Trinajstić information content (AvgIpc) is 2.50. The maximum absolute atomic E-state index is 11.9. The third-order valence-electron chi connectivity index (χ3n) is 2.79. The minimum Gasteiger partial charge on any atom is -0.480 e. The molecule has 0 unspecified atom stereocenters. The number of nitrogens with zero attached hydrogens (tertiary/aromatic N) is 1. The molecule has 22 heavy (non-hydrogen) atoms. The van der Waals surface area contributed by atoms with Crippen LogP contribution in [0.5, 0.6) is 0 Å². The first-order chi connectivity index (χ1) is 10.3. The number of nitrogens with one attached hydrogen (secondary N) is 1. The molecule has 0 aromatic heterocycles. The number of ether oxygens (including phenoxy) is 1. The molecular formula is C13H14N2O7. The highest BCUT2D eigenvalue weighted by Gasteiger charge is 2.22. The number of aliphatic carboxylic acids is 1. The molecule has 0 bridgehead atoms. The SMILES string of the molecule is COC(=O)CC[C@@H](NC(=O)c1cccc([N+](=O)[O-])c1)C(=O)O. The van der Waals surface area contributed by atoms with Crippen molar-refractivity contribution in [3.63, 3.8) is 0 Å². The van der Waals surface area contributed by atoms with Crippen LogP contribution >= 0.6 is 0 Å². The van der Waals surface area contributed by atoms with E-state index in [0.717, 1.165) is 6.07 Å². The first kappa shape index (κ1) is 17.1. The summed E-state index contributed by atoms with van der Waals surface area (Å²) >= 11 is 0. The van der Waals surface area contributed by atoms with Crippen LogP contribution < -0.4 is 5.32 Å². The maximum atomic E-state index is 11.9. The molecule has 2 N–H and O–H groups in total. The van der Waals surface area contributed by atoms with Crippen LogP contribution in [-0.4, -0.2) is 41.0 Å². The summed E-state index contributed by atoms with van der Waals surface area (Å²) in [6.07, 6.45) is -0.328. The number of rotatable bonds is 7. The minimum atomic E-state index is -1.32. The molecule has 1 atom stereocenters. The van der Waals surface area contributed by atoms with Gasteiger partial charge < -0.3 is 15.2 Å². The Labute approximate surface area is 125 Å². The predicted molar refractivity (Wildman–Crippen MR) is 73.2 cm³/mol. The fourth-order valence-corrected chi connectivity index (χ4v) is 1.62. The van der Waals surface area contributed by atoms with Crippen LogP contribution in [0.3, 0.4) is 0 Å². The van der Waals surface area contributed by atoms with Crippen molar-refractivity contribution in [1.29, 1.82) is 0 Å². The first-order valence-electron chi connectivity index (χ1n) is 6.20. The van der Waals surface area contributed by atoms with Crippen LogP contribution in [0.4, 0.5) is 5.69 Å². The van der Waals surface area contributed by atoms with Gasteiger partial charge in [0.2, 0.25) is 0 Å². The highest BCUT2D eigenvalue weighted by Crippen LogP contribution is 2.13. The lowest BCUT2D eigenvalue weighted by Crippen LogP contribution is -2.41. The third-order valence-corrected chi connectivity index (χ3v) is 2.79. The van der Waals surface area contributed by atoms with E-state index in [4.69, 9.17) is 5.11 Å². The normalized spacial score (nSPS) is 11.3. The molecule has 0 saturated heterocycles. The largest absolute Gasteiger partial charge is 0.480 e. The molecule has 1 aromatic carbocycles. The van der Waals surface area contributed by atoms with E-state index in [1.54, 1.807) is 0 Å². The van der Waals surface area contributed by atoms with Gasteiger partial charge in [0, 0.05) is 24.1 Å². The van der Waals surface area contributed by atoms with Gasteiger partial charge in [-0.25, -0.2) is 4.79 Å². The lowest BCUT2D eigenvalue weighted by Gasteiger charge is -2.13. The van der Waals surface area contributed by atoms with Crippen molar-refractivity contribution in [3.05, 3.63) is 39.9 Å². The smallest absolute Gasteiger partial charge is 0.326 e. The number of carboxylic acid groups (broad SMARTS) is 1. The minimum absolute atomic E-state index is 0.0430. The Morgan fingerprint density at radius 3 is 2.64 bits per heavy atom. The van der Waals surface area contributed by atoms with Gasteiger partial charge in [-0.15, -0.1) is 0 Å². The lowest BCUT2D eigenvalue weighted by atomic mass is 10.1. The van der Waals surface area contributed by atoms with Crippen LogP contribution in [0.15, 0.2) is 24.3 Å². The monoisotopic (exact) mass is 310 g/mol. The van der Waals surface area contributed by atoms with Crippen molar-refractivity contribution in [2.75, 3.05) is 7.11 Å². The molecule has 0 heterocycles. The second-order valence-electron chi connectivity index (χ2n) is 4.29. The summed E-state index contributed by atoms with van der Waals surface area (Å²) in [6.45, 7) is 0. The second kappa shape index (κ2) is 7.72. The number of non-ortho nitro benzene ring substituents is 1. The number of amides is 1. The van der Waals surface area contributed by atoms with E-state index in [-0.39, 0.29) is 24.1 Å². The average molecular weight is 310 g/mol. The molecule has 1 aromatic rings. The quantitative estimate of drug-likeness (QED) is 0.430. The number of hydrogen-bond acceptors (Lipinski definition) is 6.